The number of benzene rings is 1. The highest BCUT2D eigenvalue weighted by atomic mass is 35.5. The Labute approximate surface area is 134 Å². The first-order valence-corrected chi connectivity index (χ1v) is 7.66. The van der Waals surface area contributed by atoms with E-state index in [9.17, 15) is 4.39 Å². The molecule has 0 atom stereocenters. The van der Waals surface area contributed by atoms with E-state index in [1.165, 1.54) is 23.9 Å². The summed E-state index contributed by atoms with van der Waals surface area (Å²) < 4.78 is 18.3. The van der Waals surface area contributed by atoms with Crippen LogP contribution in [0, 0.1) is 5.82 Å². The van der Waals surface area contributed by atoms with E-state index in [1.807, 2.05) is 0 Å². The van der Waals surface area contributed by atoms with Crippen LogP contribution in [0.1, 0.15) is 30.7 Å². The number of rotatable bonds is 8. The lowest BCUT2D eigenvalue weighted by atomic mass is 10.2. The molecule has 0 unspecified atom stereocenters. The Morgan fingerprint density at radius 1 is 1.10 bits per heavy atom. The molecule has 0 radical (unpaired) electrons. The molecule has 0 fully saturated rings. The van der Waals surface area contributed by atoms with Crippen LogP contribution in [0.2, 0.25) is 0 Å². The van der Waals surface area contributed by atoms with Gasteiger partial charge in [0.25, 0.3) is 5.22 Å². The van der Waals surface area contributed by atoms with Crippen LogP contribution in [-0.2, 0) is 12.2 Å². The van der Waals surface area contributed by atoms with Gasteiger partial charge in [0.15, 0.2) is 0 Å². The maximum Gasteiger partial charge on any atom is 0.276 e. The number of aromatic nitrogens is 2. The molecule has 1 aromatic heterocycles. The molecule has 2 N–H and O–H groups in total. The van der Waals surface area contributed by atoms with Crippen molar-refractivity contribution < 1.29 is 8.81 Å². The predicted octanol–water partition coefficient (Wildman–Crippen LogP) is 3.59. The number of halogens is 2. The minimum Gasteiger partial charge on any atom is -0.416 e. The molecule has 0 aliphatic rings. The Balaban J connectivity index is 0.00000220. The summed E-state index contributed by atoms with van der Waals surface area (Å²) in [5.41, 5.74) is 6.46. The molecule has 4 nitrogen and oxygen atoms in total. The van der Waals surface area contributed by atoms with Crippen molar-refractivity contribution in [3.05, 3.63) is 41.5 Å². The summed E-state index contributed by atoms with van der Waals surface area (Å²) in [4.78, 5) is 0. The van der Waals surface area contributed by atoms with E-state index in [-0.39, 0.29) is 18.2 Å². The van der Waals surface area contributed by atoms with E-state index in [1.54, 1.807) is 12.1 Å². The molecule has 0 aliphatic carbocycles. The summed E-state index contributed by atoms with van der Waals surface area (Å²) in [5.74, 6) is 1.13. The standard InChI is InChI=1S/C14H18FN3OS.ClH/c15-12-7-5-11(6-8-12)10-20-14-18-17-13(19-14)4-2-1-3-9-16;/h5-8H,1-4,9-10,16H2;1H. The highest BCUT2D eigenvalue weighted by Gasteiger charge is 2.06. The summed E-state index contributed by atoms with van der Waals surface area (Å²) in [6, 6.07) is 6.41. The van der Waals surface area contributed by atoms with Crippen molar-refractivity contribution in [2.45, 2.75) is 36.7 Å². The topological polar surface area (TPSA) is 64.9 Å². The van der Waals surface area contributed by atoms with Crippen LogP contribution >= 0.6 is 24.2 Å². The normalized spacial score (nSPS) is 10.4. The minimum atomic E-state index is -0.226. The Bertz CT molecular complexity index is 521. The Hall–Kier alpha value is -1.11. The van der Waals surface area contributed by atoms with Gasteiger partial charge in [0.2, 0.25) is 5.89 Å². The largest absolute Gasteiger partial charge is 0.416 e. The van der Waals surface area contributed by atoms with Crippen LogP contribution in [0.15, 0.2) is 33.9 Å². The van der Waals surface area contributed by atoms with Crippen molar-refractivity contribution in [2.75, 3.05) is 6.54 Å². The van der Waals surface area contributed by atoms with E-state index in [4.69, 9.17) is 10.2 Å². The molecule has 0 bridgehead atoms. The molecule has 1 aromatic carbocycles. The van der Waals surface area contributed by atoms with Gasteiger partial charge in [0.1, 0.15) is 5.82 Å². The molecule has 116 valence electrons. The SMILES string of the molecule is Cl.NCCCCCc1nnc(SCc2ccc(F)cc2)o1. The Kier molecular flexibility index (Phi) is 8.34. The van der Waals surface area contributed by atoms with Crippen molar-refractivity contribution in [1.29, 1.82) is 0 Å². The molecule has 7 heteroatoms. The fraction of sp³-hybridized carbons (Fsp3) is 0.429. The van der Waals surface area contributed by atoms with Gasteiger partial charge in [-0.15, -0.1) is 22.6 Å². The van der Waals surface area contributed by atoms with Crippen LogP contribution in [0.5, 0.6) is 0 Å². The van der Waals surface area contributed by atoms with Crippen LogP contribution in [0.25, 0.3) is 0 Å². The monoisotopic (exact) mass is 331 g/mol. The number of nitrogens with two attached hydrogens (primary N) is 1. The van der Waals surface area contributed by atoms with Gasteiger partial charge in [-0.1, -0.05) is 30.3 Å². The second-order valence-electron chi connectivity index (χ2n) is 4.48. The predicted molar refractivity (Wildman–Crippen MR) is 84.1 cm³/mol. The quantitative estimate of drug-likeness (QED) is 0.591. The molecule has 2 aromatic rings. The number of thioether (sulfide) groups is 1. The molecule has 21 heavy (non-hydrogen) atoms. The summed E-state index contributed by atoms with van der Waals surface area (Å²) in [6.45, 7) is 0.725. The second kappa shape index (κ2) is 9.76. The van der Waals surface area contributed by atoms with Crippen LogP contribution in [0.3, 0.4) is 0 Å². The van der Waals surface area contributed by atoms with Crippen molar-refractivity contribution >= 4 is 24.2 Å². The van der Waals surface area contributed by atoms with Gasteiger partial charge in [-0.2, -0.15) is 0 Å². The first-order valence-electron chi connectivity index (χ1n) is 6.67. The van der Waals surface area contributed by atoms with Gasteiger partial charge < -0.3 is 10.2 Å². The van der Waals surface area contributed by atoms with Crippen LogP contribution in [0.4, 0.5) is 4.39 Å². The Morgan fingerprint density at radius 3 is 2.57 bits per heavy atom. The van der Waals surface area contributed by atoms with E-state index >= 15 is 0 Å². The number of nitrogens with zero attached hydrogens (tertiary/aromatic N) is 2. The van der Waals surface area contributed by atoms with E-state index in [2.05, 4.69) is 10.2 Å². The zero-order valence-corrected chi connectivity index (χ0v) is 13.3. The summed E-state index contributed by atoms with van der Waals surface area (Å²) in [7, 11) is 0. The van der Waals surface area contributed by atoms with Gasteiger partial charge in [-0.3, -0.25) is 0 Å². The van der Waals surface area contributed by atoms with Gasteiger partial charge in [-0.25, -0.2) is 4.39 Å². The number of hydrogen-bond donors (Lipinski definition) is 1. The van der Waals surface area contributed by atoms with Crippen LogP contribution in [-0.4, -0.2) is 16.7 Å². The third kappa shape index (κ3) is 6.46. The average molecular weight is 332 g/mol. The molecule has 0 spiro atoms. The van der Waals surface area contributed by atoms with Gasteiger partial charge in [-0.05, 0) is 37.1 Å². The van der Waals surface area contributed by atoms with Crippen molar-refractivity contribution in [2.24, 2.45) is 5.73 Å². The van der Waals surface area contributed by atoms with Gasteiger partial charge in [0.05, 0.1) is 0 Å². The van der Waals surface area contributed by atoms with Crippen molar-refractivity contribution in [3.63, 3.8) is 0 Å². The molecule has 1 heterocycles. The maximum absolute atomic E-state index is 12.8. The van der Waals surface area contributed by atoms with Gasteiger partial charge >= 0.3 is 0 Å². The lowest BCUT2D eigenvalue weighted by molar-refractivity contribution is 0.407. The zero-order valence-electron chi connectivity index (χ0n) is 11.6. The van der Waals surface area contributed by atoms with Crippen molar-refractivity contribution in [3.8, 4) is 0 Å². The van der Waals surface area contributed by atoms with Crippen molar-refractivity contribution in [1.82, 2.24) is 10.2 Å². The fourth-order valence-corrected chi connectivity index (χ4v) is 2.46. The number of hydrogen-bond acceptors (Lipinski definition) is 5. The zero-order chi connectivity index (χ0) is 14.2. The van der Waals surface area contributed by atoms with E-state index in [0.717, 1.165) is 37.8 Å². The molecular formula is C14H19ClFN3OS. The van der Waals surface area contributed by atoms with E-state index in [0.29, 0.717) is 16.9 Å². The average Bonchev–Trinajstić information content (AvgIpc) is 2.91. The van der Waals surface area contributed by atoms with Crippen LogP contribution < -0.4 is 5.73 Å². The summed E-state index contributed by atoms with van der Waals surface area (Å²) in [5, 5.41) is 8.57. The molecule has 0 aliphatic heterocycles. The third-order valence-electron chi connectivity index (χ3n) is 2.82. The fourth-order valence-electron chi connectivity index (χ4n) is 1.72. The minimum absolute atomic E-state index is 0. The summed E-state index contributed by atoms with van der Waals surface area (Å²) >= 11 is 1.46. The first kappa shape index (κ1) is 17.9. The molecule has 0 saturated carbocycles. The Morgan fingerprint density at radius 2 is 1.86 bits per heavy atom. The molecule has 0 amide bonds. The molecule has 2 rings (SSSR count). The highest BCUT2D eigenvalue weighted by Crippen LogP contribution is 2.22. The second-order valence-corrected chi connectivity index (χ2v) is 5.40. The van der Waals surface area contributed by atoms with Gasteiger partial charge in [0, 0.05) is 12.2 Å². The smallest absolute Gasteiger partial charge is 0.276 e. The summed E-state index contributed by atoms with van der Waals surface area (Å²) in [6.07, 6.45) is 3.92. The third-order valence-corrected chi connectivity index (χ3v) is 3.71. The highest BCUT2D eigenvalue weighted by molar-refractivity contribution is 7.98. The molecular weight excluding hydrogens is 313 g/mol. The molecule has 0 saturated heterocycles. The number of aryl methyl sites for hydroxylation is 1. The first-order chi connectivity index (χ1) is 9.78. The number of unbranched alkanes of at least 4 members (excludes halogenated alkanes) is 2. The maximum atomic E-state index is 12.8. The van der Waals surface area contributed by atoms with E-state index < -0.39 is 0 Å². The lowest BCUT2D eigenvalue weighted by Gasteiger charge is -1.97. The lowest BCUT2D eigenvalue weighted by Crippen LogP contribution is -1.98.